The highest BCUT2D eigenvalue weighted by Gasteiger charge is 2.18. The molecule has 0 radical (unpaired) electrons. The van der Waals surface area contributed by atoms with E-state index in [2.05, 4.69) is 21.8 Å². The van der Waals surface area contributed by atoms with Crippen LogP contribution in [0.3, 0.4) is 0 Å². The monoisotopic (exact) mass is 263 g/mol. The number of nitrogens with zero attached hydrogens (tertiary/aromatic N) is 2. The van der Waals surface area contributed by atoms with Crippen LogP contribution in [-0.4, -0.2) is 35.4 Å². The lowest BCUT2D eigenvalue weighted by atomic mass is 10.2. The van der Waals surface area contributed by atoms with Crippen molar-refractivity contribution in [3.05, 3.63) is 29.8 Å². The Hall–Kier alpha value is -1.46. The summed E-state index contributed by atoms with van der Waals surface area (Å²) in [5.41, 5.74) is 1.71. The molecule has 1 aromatic carbocycles. The van der Waals surface area contributed by atoms with Crippen LogP contribution in [0.1, 0.15) is 12.7 Å². The third-order valence-electron chi connectivity index (χ3n) is 3.52. The molecule has 0 spiro atoms. The van der Waals surface area contributed by atoms with Gasteiger partial charge in [-0.05, 0) is 25.1 Å². The fraction of sp³-hybridized carbons (Fsp3) is 0.500. The lowest BCUT2D eigenvalue weighted by Gasteiger charge is -2.23. The van der Waals surface area contributed by atoms with Gasteiger partial charge in [0.25, 0.3) is 0 Å². The van der Waals surface area contributed by atoms with Gasteiger partial charge in [0, 0.05) is 26.1 Å². The average molecular weight is 263 g/mol. The van der Waals surface area contributed by atoms with Crippen LogP contribution >= 0.6 is 0 Å². The first kappa shape index (κ1) is 12.6. The third kappa shape index (κ3) is 2.48. The Morgan fingerprint density at radius 3 is 3.16 bits per heavy atom. The van der Waals surface area contributed by atoms with E-state index in [9.17, 15) is 4.39 Å². The maximum Gasteiger partial charge on any atom is 0.125 e. The number of fused-ring (bicyclic) bond motifs is 1. The highest BCUT2D eigenvalue weighted by atomic mass is 19.1. The zero-order valence-corrected chi connectivity index (χ0v) is 11.0. The minimum atomic E-state index is -0.218. The first-order valence-corrected chi connectivity index (χ1v) is 6.75. The molecule has 1 aliphatic rings. The Kier molecular flexibility index (Phi) is 3.48. The largest absolute Gasteiger partial charge is 0.375 e. The van der Waals surface area contributed by atoms with Crippen molar-refractivity contribution in [2.75, 3.05) is 19.7 Å². The highest BCUT2D eigenvalue weighted by molar-refractivity contribution is 5.76. The van der Waals surface area contributed by atoms with Gasteiger partial charge in [-0.1, -0.05) is 0 Å². The third-order valence-corrected chi connectivity index (χ3v) is 3.52. The molecule has 1 unspecified atom stereocenters. The first-order chi connectivity index (χ1) is 9.28. The van der Waals surface area contributed by atoms with Crippen LogP contribution in [0.25, 0.3) is 11.0 Å². The second-order valence-corrected chi connectivity index (χ2v) is 4.81. The van der Waals surface area contributed by atoms with Crippen LogP contribution in [0.2, 0.25) is 0 Å². The highest BCUT2D eigenvalue weighted by Crippen LogP contribution is 2.19. The van der Waals surface area contributed by atoms with E-state index in [1.165, 1.54) is 6.07 Å². The summed E-state index contributed by atoms with van der Waals surface area (Å²) in [6, 6.07) is 4.74. The van der Waals surface area contributed by atoms with Gasteiger partial charge in [0.15, 0.2) is 0 Å². The summed E-state index contributed by atoms with van der Waals surface area (Å²) < 4.78 is 21.1. The smallest absolute Gasteiger partial charge is 0.125 e. The molecule has 1 N–H and O–H groups in total. The second kappa shape index (κ2) is 5.27. The normalized spacial score (nSPS) is 20.0. The lowest BCUT2D eigenvalue weighted by molar-refractivity contribution is 0.0276. The maximum atomic E-state index is 13.3. The molecule has 1 aromatic heterocycles. The number of aryl methyl sites for hydroxylation is 1. The average Bonchev–Trinajstić information content (AvgIpc) is 2.76. The number of rotatable bonds is 3. The van der Waals surface area contributed by atoms with Gasteiger partial charge in [0.2, 0.25) is 0 Å². The predicted octanol–water partition coefficient (Wildman–Crippen LogP) is 1.73. The van der Waals surface area contributed by atoms with Crippen molar-refractivity contribution in [1.82, 2.24) is 14.9 Å². The number of hydrogen-bond acceptors (Lipinski definition) is 3. The van der Waals surface area contributed by atoms with Crippen LogP contribution in [0, 0.1) is 5.82 Å². The van der Waals surface area contributed by atoms with Crippen LogP contribution in [0.5, 0.6) is 0 Å². The molecule has 1 atom stereocenters. The summed E-state index contributed by atoms with van der Waals surface area (Å²) in [7, 11) is 0. The molecule has 0 saturated carbocycles. The zero-order chi connectivity index (χ0) is 13.2. The van der Waals surface area contributed by atoms with Crippen molar-refractivity contribution >= 4 is 11.0 Å². The second-order valence-electron chi connectivity index (χ2n) is 4.81. The van der Waals surface area contributed by atoms with Gasteiger partial charge in [0.05, 0.1) is 23.7 Å². The van der Waals surface area contributed by atoms with Crippen LogP contribution in [0.15, 0.2) is 18.2 Å². The molecule has 1 saturated heterocycles. The zero-order valence-electron chi connectivity index (χ0n) is 11.0. The Morgan fingerprint density at radius 2 is 2.42 bits per heavy atom. The number of imidazole rings is 1. The lowest BCUT2D eigenvalue weighted by Crippen LogP contribution is -2.40. The Morgan fingerprint density at radius 1 is 1.53 bits per heavy atom. The van der Waals surface area contributed by atoms with Crippen molar-refractivity contribution in [1.29, 1.82) is 0 Å². The molecule has 2 heterocycles. The molecular weight excluding hydrogens is 245 g/mol. The number of aromatic nitrogens is 2. The standard InChI is InChI=1S/C14H18FN3O/c1-2-18-13-7-10(15)3-4-12(13)17-14(18)8-11-9-16-5-6-19-11/h3-4,7,11,16H,2,5-6,8-9H2,1H3. The first-order valence-electron chi connectivity index (χ1n) is 6.75. The van der Waals surface area contributed by atoms with Crippen molar-refractivity contribution in [2.45, 2.75) is 26.0 Å². The number of morpholine rings is 1. The number of halogens is 1. The van der Waals surface area contributed by atoms with E-state index >= 15 is 0 Å². The van der Waals surface area contributed by atoms with Crippen molar-refractivity contribution < 1.29 is 9.13 Å². The number of nitrogens with one attached hydrogen (secondary N) is 1. The minimum Gasteiger partial charge on any atom is -0.375 e. The number of benzene rings is 1. The molecule has 1 aliphatic heterocycles. The van der Waals surface area contributed by atoms with E-state index in [0.717, 1.165) is 49.5 Å². The minimum absolute atomic E-state index is 0.153. The van der Waals surface area contributed by atoms with Crippen molar-refractivity contribution in [3.8, 4) is 0 Å². The topological polar surface area (TPSA) is 39.1 Å². The number of hydrogen-bond donors (Lipinski definition) is 1. The summed E-state index contributed by atoms with van der Waals surface area (Å²) >= 11 is 0. The Labute approximate surface area is 111 Å². The van der Waals surface area contributed by atoms with E-state index in [-0.39, 0.29) is 11.9 Å². The Balaban J connectivity index is 1.93. The fourth-order valence-electron chi connectivity index (χ4n) is 2.61. The van der Waals surface area contributed by atoms with E-state index < -0.39 is 0 Å². The van der Waals surface area contributed by atoms with Crippen LogP contribution in [-0.2, 0) is 17.7 Å². The molecule has 0 amide bonds. The van der Waals surface area contributed by atoms with E-state index in [4.69, 9.17) is 4.74 Å². The number of ether oxygens (including phenoxy) is 1. The summed E-state index contributed by atoms with van der Waals surface area (Å²) in [6.07, 6.45) is 0.914. The summed E-state index contributed by atoms with van der Waals surface area (Å²) in [5, 5.41) is 3.31. The molecule has 0 aliphatic carbocycles. The predicted molar refractivity (Wildman–Crippen MR) is 71.7 cm³/mol. The summed E-state index contributed by atoms with van der Waals surface area (Å²) in [4.78, 5) is 4.61. The van der Waals surface area contributed by atoms with Gasteiger partial charge in [-0.15, -0.1) is 0 Å². The summed E-state index contributed by atoms with van der Waals surface area (Å²) in [5.74, 6) is 0.751. The quantitative estimate of drug-likeness (QED) is 0.916. The SMILES string of the molecule is CCn1c(CC2CNCCO2)nc2ccc(F)cc21. The molecule has 5 heteroatoms. The molecule has 4 nitrogen and oxygen atoms in total. The molecule has 2 aromatic rings. The van der Waals surface area contributed by atoms with Gasteiger partial charge in [0.1, 0.15) is 11.6 Å². The molecule has 19 heavy (non-hydrogen) atoms. The van der Waals surface area contributed by atoms with E-state index in [0.29, 0.717) is 0 Å². The molecule has 102 valence electrons. The van der Waals surface area contributed by atoms with Gasteiger partial charge in [-0.25, -0.2) is 9.37 Å². The van der Waals surface area contributed by atoms with Crippen LogP contribution < -0.4 is 5.32 Å². The van der Waals surface area contributed by atoms with Gasteiger partial charge in [-0.2, -0.15) is 0 Å². The van der Waals surface area contributed by atoms with Gasteiger partial charge >= 0.3 is 0 Å². The van der Waals surface area contributed by atoms with Gasteiger partial charge < -0.3 is 14.6 Å². The maximum absolute atomic E-state index is 13.3. The molecule has 1 fully saturated rings. The summed E-state index contributed by atoms with van der Waals surface area (Å²) in [6.45, 7) is 5.34. The molecule has 3 rings (SSSR count). The van der Waals surface area contributed by atoms with Crippen molar-refractivity contribution in [2.24, 2.45) is 0 Å². The Bertz CT molecular complexity index is 575. The molecule has 0 bridgehead atoms. The van der Waals surface area contributed by atoms with Gasteiger partial charge in [-0.3, -0.25) is 0 Å². The van der Waals surface area contributed by atoms with Crippen molar-refractivity contribution in [3.63, 3.8) is 0 Å². The van der Waals surface area contributed by atoms with E-state index in [1.807, 2.05) is 0 Å². The van der Waals surface area contributed by atoms with Crippen LogP contribution in [0.4, 0.5) is 4.39 Å². The van der Waals surface area contributed by atoms with E-state index in [1.54, 1.807) is 12.1 Å². The molecular formula is C14H18FN3O. The fourth-order valence-corrected chi connectivity index (χ4v) is 2.61.